The first-order chi connectivity index (χ1) is 11.1. The summed E-state index contributed by atoms with van der Waals surface area (Å²) in [4.78, 5) is 16.2. The van der Waals surface area contributed by atoms with Crippen molar-refractivity contribution in [3.63, 3.8) is 0 Å². The Labute approximate surface area is 133 Å². The molecule has 0 amide bonds. The Morgan fingerprint density at radius 3 is 2.48 bits per heavy atom. The van der Waals surface area contributed by atoms with E-state index in [1.807, 2.05) is 38.1 Å². The van der Waals surface area contributed by atoms with Gasteiger partial charge in [-0.15, -0.1) is 0 Å². The molecule has 0 spiro atoms. The molecule has 4 rings (SSSR count). The van der Waals surface area contributed by atoms with Gasteiger partial charge in [-0.05, 0) is 42.7 Å². The van der Waals surface area contributed by atoms with Gasteiger partial charge >= 0.3 is 5.63 Å². The molecule has 0 atom stereocenters. The molecule has 112 valence electrons. The molecule has 0 N–H and O–H groups in total. The summed E-state index contributed by atoms with van der Waals surface area (Å²) >= 11 is 0. The van der Waals surface area contributed by atoms with Crippen LogP contribution in [0.15, 0.2) is 63.8 Å². The second-order valence-electron chi connectivity index (χ2n) is 5.79. The molecular weight excluding hydrogens is 286 g/mol. The summed E-state index contributed by atoms with van der Waals surface area (Å²) in [6.45, 7) is 3.90. The molecule has 0 unspecified atom stereocenters. The molecule has 3 heteroatoms. The highest BCUT2D eigenvalue weighted by Crippen LogP contribution is 2.32. The molecular formula is C20H15NO2. The van der Waals surface area contributed by atoms with Gasteiger partial charge in [0.2, 0.25) is 0 Å². The smallest absolute Gasteiger partial charge is 0.336 e. The Kier molecular flexibility index (Phi) is 3.01. The Morgan fingerprint density at radius 1 is 0.913 bits per heavy atom. The van der Waals surface area contributed by atoms with Gasteiger partial charge < -0.3 is 4.42 Å². The number of benzene rings is 2. The minimum atomic E-state index is -0.328. The van der Waals surface area contributed by atoms with E-state index in [1.54, 1.807) is 0 Å². The first kappa shape index (κ1) is 13.7. The van der Waals surface area contributed by atoms with E-state index in [0.717, 1.165) is 38.7 Å². The minimum absolute atomic E-state index is 0.328. The average molecular weight is 301 g/mol. The zero-order chi connectivity index (χ0) is 16.0. The summed E-state index contributed by atoms with van der Waals surface area (Å²) < 4.78 is 5.34. The summed E-state index contributed by atoms with van der Waals surface area (Å²) in [5.74, 6) is 0. The standard InChI is InChI=1S/C20H15NO2/c1-12-8-20(22)23-19-11-18-17(10-15(12)19)16(9-13(2)21-18)14-6-4-3-5-7-14/h3-11H,1-2H3. The molecule has 3 nitrogen and oxygen atoms in total. The van der Waals surface area contributed by atoms with E-state index < -0.39 is 0 Å². The van der Waals surface area contributed by atoms with Crippen molar-refractivity contribution in [1.29, 1.82) is 0 Å². The third-order valence-electron chi connectivity index (χ3n) is 4.09. The lowest BCUT2D eigenvalue weighted by atomic mass is 9.98. The van der Waals surface area contributed by atoms with Crippen LogP contribution >= 0.6 is 0 Å². The third kappa shape index (κ3) is 2.30. The molecule has 2 aromatic carbocycles. The number of aryl methyl sites for hydroxylation is 2. The van der Waals surface area contributed by atoms with Crippen LogP contribution in [0.3, 0.4) is 0 Å². The monoisotopic (exact) mass is 301 g/mol. The van der Waals surface area contributed by atoms with E-state index in [2.05, 4.69) is 29.2 Å². The molecule has 0 aliphatic carbocycles. The zero-order valence-corrected chi connectivity index (χ0v) is 13.0. The summed E-state index contributed by atoms with van der Waals surface area (Å²) in [6.07, 6.45) is 0. The number of hydrogen-bond donors (Lipinski definition) is 0. The summed E-state index contributed by atoms with van der Waals surface area (Å²) in [5, 5.41) is 2.01. The highest BCUT2D eigenvalue weighted by molar-refractivity contribution is 6.02. The van der Waals surface area contributed by atoms with Crippen LogP contribution < -0.4 is 5.63 Å². The lowest BCUT2D eigenvalue weighted by Crippen LogP contribution is -1.98. The Balaban J connectivity index is 2.15. The van der Waals surface area contributed by atoms with Gasteiger partial charge in [0, 0.05) is 28.6 Å². The maximum Gasteiger partial charge on any atom is 0.336 e. The Bertz CT molecular complexity index is 1100. The lowest BCUT2D eigenvalue weighted by molar-refractivity contribution is 0.560. The topological polar surface area (TPSA) is 43.1 Å². The first-order valence-corrected chi connectivity index (χ1v) is 7.53. The van der Waals surface area contributed by atoms with Crippen molar-refractivity contribution < 1.29 is 4.42 Å². The van der Waals surface area contributed by atoms with Crippen molar-refractivity contribution >= 4 is 21.9 Å². The van der Waals surface area contributed by atoms with E-state index in [0.29, 0.717) is 5.58 Å². The maximum absolute atomic E-state index is 11.6. The van der Waals surface area contributed by atoms with Crippen molar-refractivity contribution in [1.82, 2.24) is 4.98 Å². The van der Waals surface area contributed by atoms with Crippen molar-refractivity contribution in [2.75, 3.05) is 0 Å². The van der Waals surface area contributed by atoms with Crippen LogP contribution in [0.25, 0.3) is 33.0 Å². The van der Waals surface area contributed by atoms with Gasteiger partial charge in [0.1, 0.15) is 5.58 Å². The fourth-order valence-electron chi connectivity index (χ4n) is 3.03. The van der Waals surface area contributed by atoms with Gasteiger partial charge in [-0.3, -0.25) is 4.98 Å². The fraction of sp³-hybridized carbons (Fsp3) is 0.100. The van der Waals surface area contributed by atoms with Crippen molar-refractivity contribution in [2.45, 2.75) is 13.8 Å². The van der Waals surface area contributed by atoms with Crippen LogP contribution in [0.1, 0.15) is 11.3 Å². The summed E-state index contributed by atoms with van der Waals surface area (Å²) in [5.41, 5.74) is 5.23. The van der Waals surface area contributed by atoms with Crippen LogP contribution in [0, 0.1) is 13.8 Å². The summed E-state index contributed by atoms with van der Waals surface area (Å²) in [6, 6.07) is 17.8. The highest BCUT2D eigenvalue weighted by Gasteiger charge is 2.10. The van der Waals surface area contributed by atoms with E-state index in [4.69, 9.17) is 4.42 Å². The van der Waals surface area contributed by atoms with Crippen LogP contribution in [0.5, 0.6) is 0 Å². The molecule has 0 aliphatic heterocycles. The molecule has 0 bridgehead atoms. The highest BCUT2D eigenvalue weighted by atomic mass is 16.4. The summed E-state index contributed by atoms with van der Waals surface area (Å²) in [7, 11) is 0. The van der Waals surface area contributed by atoms with Gasteiger partial charge in [0.05, 0.1) is 5.52 Å². The van der Waals surface area contributed by atoms with Crippen molar-refractivity contribution in [3.05, 3.63) is 76.3 Å². The van der Waals surface area contributed by atoms with Gasteiger partial charge in [0.25, 0.3) is 0 Å². The SMILES string of the molecule is Cc1cc(-c2ccccc2)c2cc3c(C)cc(=O)oc3cc2n1. The Morgan fingerprint density at radius 2 is 1.70 bits per heavy atom. The molecule has 23 heavy (non-hydrogen) atoms. The number of pyridine rings is 1. The van der Waals surface area contributed by atoms with Crippen LogP contribution in [0.4, 0.5) is 0 Å². The molecule has 0 radical (unpaired) electrons. The lowest BCUT2D eigenvalue weighted by Gasteiger charge is -2.10. The Hall–Kier alpha value is -2.94. The third-order valence-corrected chi connectivity index (χ3v) is 4.09. The van der Waals surface area contributed by atoms with E-state index in [1.165, 1.54) is 6.07 Å². The molecule has 2 heterocycles. The number of fused-ring (bicyclic) bond motifs is 2. The second-order valence-corrected chi connectivity index (χ2v) is 5.79. The maximum atomic E-state index is 11.6. The van der Waals surface area contributed by atoms with E-state index in [9.17, 15) is 4.79 Å². The van der Waals surface area contributed by atoms with Crippen LogP contribution in [-0.2, 0) is 0 Å². The molecule has 2 aromatic heterocycles. The van der Waals surface area contributed by atoms with Crippen LogP contribution in [-0.4, -0.2) is 4.98 Å². The van der Waals surface area contributed by atoms with Gasteiger partial charge in [-0.25, -0.2) is 4.79 Å². The van der Waals surface area contributed by atoms with Crippen molar-refractivity contribution in [2.24, 2.45) is 0 Å². The zero-order valence-electron chi connectivity index (χ0n) is 13.0. The van der Waals surface area contributed by atoms with E-state index in [-0.39, 0.29) is 5.63 Å². The van der Waals surface area contributed by atoms with Gasteiger partial charge in [0.15, 0.2) is 0 Å². The molecule has 0 aliphatic rings. The van der Waals surface area contributed by atoms with E-state index >= 15 is 0 Å². The number of aromatic nitrogens is 1. The molecule has 4 aromatic rings. The van der Waals surface area contributed by atoms with Gasteiger partial charge in [-0.1, -0.05) is 30.3 Å². The number of rotatable bonds is 1. The first-order valence-electron chi connectivity index (χ1n) is 7.53. The molecule has 0 saturated carbocycles. The number of nitrogens with zero attached hydrogens (tertiary/aromatic N) is 1. The number of hydrogen-bond acceptors (Lipinski definition) is 3. The second kappa shape index (κ2) is 5.06. The quantitative estimate of drug-likeness (QED) is 0.380. The fourth-order valence-corrected chi connectivity index (χ4v) is 3.03. The minimum Gasteiger partial charge on any atom is -0.423 e. The predicted molar refractivity (Wildman–Crippen MR) is 92.7 cm³/mol. The van der Waals surface area contributed by atoms with Crippen LogP contribution in [0.2, 0.25) is 0 Å². The molecule has 0 fully saturated rings. The predicted octanol–water partition coefficient (Wildman–Crippen LogP) is 4.63. The van der Waals surface area contributed by atoms with Crippen molar-refractivity contribution in [3.8, 4) is 11.1 Å². The normalized spacial score (nSPS) is 11.2. The average Bonchev–Trinajstić information content (AvgIpc) is 2.53. The largest absolute Gasteiger partial charge is 0.423 e. The van der Waals surface area contributed by atoms with Gasteiger partial charge in [-0.2, -0.15) is 0 Å². The molecule has 0 saturated heterocycles.